The summed E-state index contributed by atoms with van der Waals surface area (Å²) in [4.78, 5) is 2.13. The van der Waals surface area contributed by atoms with Gasteiger partial charge in [0.25, 0.3) is 0 Å². The topological polar surface area (TPSA) is 3.24 Å². The minimum atomic E-state index is 0.921. The molecule has 0 fully saturated rings. The molecule has 0 aliphatic heterocycles. The van der Waals surface area contributed by atoms with Crippen molar-refractivity contribution in [3.05, 3.63) is 60.7 Å². The lowest BCUT2D eigenvalue weighted by molar-refractivity contribution is 0.457. The maximum Gasteiger partial charge on any atom is 0.0166 e. The van der Waals surface area contributed by atoms with Gasteiger partial charge < -0.3 is 4.90 Å². The van der Waals surface area contributed by atoms with Crippen LogP contribution >= 0.6 is 0 Å². The van der Waals surface area contributed by atoms with Crippen LogP contribution in [-0.4, -0.2) is 25.5 Å². The predicted octanol–water partition coefficient (Wildman–Crippen LogP) is 3.46. The van der Waals surface area contributed by atoms with Crippen LogP contribution in [0.5, 0.6) is 0 Å². The molecule has 1 rings (SSSR count). The molecule has 1 heteroatoms. The first-order valence-corrected chi connectivity index (χ1v) is 5.37. The molecule has 0 amide bonds. The minimum Gasteiger partial charge on any atom is -0.306 e. The molecule has 1 aromatic rings. The van der Waals surface area contributed by atoms with Crippen molar-refractivity contribution >= 4 is 11.6 Å². The van der Waals surface area contributed by atoms with Gasteiger partial charge in [-0.25, -0.2) is 0 Å². The van der Waals surface area contributed by atoms with Crippen LogP contribution in [0.25, 0.3) is 11.6 Å². The molecule has 0 spiro atoms. The van der Waals surface area contributed by atoms with E-state index in [1.54, 1.807) is 0 Å². The van der Waals surface area contributed by atoms with Crippen LogP contribution in [0, 0.1) is 0 Å². The number of allylic oxidation sites excluding steroid dienone is 2. The van der Waals surface area contributed by atoms with Crippen molar-refractivity contribution in [2.24, 2.45) is 0 Å². The quantitative estimate of drug-likeness (QED) is 0.677. The van der Waals surface area contributed by atoms with Gasteiger partial charge >= 0.3 is 0 Å². The van der Waals surface area contributed by atoms with Gasteiger partial charge in [-0.3, -0.25) is 0 Å². The van der Waals surface area contributed by atoms with E-state index in [2.05, 4.69) is 62.5 Å². The van der Waals surface area contributed by atoms with Crippen LogP contribution in [0.3, 0.4) is 0 Å². The smallest absolute Gasteiger partial charge is 0.0166 e. The Bertz CT molecular complexity index is 382. The van der Waals surface area contributed by atoms with Gasteiger partial charge in [-0.2, -0.15) is 0 Å². The molecule has 0 heterocycles. The second-order valence-corrected chi connectivity index (χ2v) is 3.95. The summed E-state index contributed by atoms with van der Waals surface area (Å²) < 4.78 is 0. The Labute approximate surface area is 98.4 Å². The third-order valence-corrected chi connectivity index (χ3v) is 2.38. The molecule has 0 unspecified atom stereocenters. The third kappa shape index (κ3) is 3.52. The monoisotopic (exact) mass is 213 g/mol. The largest absolute Gasteiger partial charge is 0.306 e. The average molecular weight is 213 g/mol. The highest BCUT2D eigenvalue weighted by Crippen LogP contribution is 2.16. The van der Waals surface area contributed by atoms with Crippen LogP contribution in [0.2, 0.25) is 0 Å². The van der Waals surface area contributed by atoms with E-state index in [1.165, 1.54) is 11.1 Å². The zero-order valence-electron chi connectivity index (χ0n) is 10.1. The number of hydrogen-bond acceptors (Lipinski definition) is 1. The van der Waals surface area contributed by atoms with E-state index in [0.717, 1.165) is 12.1 Å². The highest BCUT2D eigenvalue weighted by molar-refractivity contribution is 5.74. The Hall–Kier alpha value is -1.60. The summed E-state index contributed by atoms with van der Waals surface area (Å²) in [6.07, 6.45) is 5.92. The third-order valence-electron chi connectivity index (χ3n) is 2.38. The van der Waals surface area contributed by atoms with Gasteiger partial charge in [0, 0.05) is 6.54 Å². The number of nitrogens with zero attached hydrogens (tertiary/aromatic N) is 1. The molecular weight excluding hydrogens is 194 g/mol. The molecule has 0 bridgehead atoms. The van der Waals surface area contributed by atoms with Crippen molar-refractivity contribution in [1.29, 1.82) is 0 Å². The standard InChI is InChI=1S/C15H19N/c1-5-13-7-9-15(10-8-13)14(6-2)11-12-16(3)4/h5-11H,1-2,12H2,3-4H3/b14-11+. The van der Waals surface area contributed by atoms with E-state index >= 15 is 0 Å². The predicted molar refractivity (Wildman–Crippen MR) is 73.3 cm³/mol. The summed E-state index contributed by atoms with van der Waals surface area (Å²) in [6, 6.07) is 8.32. The van der Waals surface area contributed by atoms with Crippen LogP contribution in [0.15, 0.2) is 49.6 Å². The second-order valence-electron chi connectivity index (χ2n) is 3.95. The summed E-state index contributed by atoms with van der Waals surface area (Å²) in [5, 5.41) is 0. The molecular formula is C15H19N. The lowest BCUT2D eigenvalue weighted by Gasteiger charge is -2.08. The molecule has 0 N–H and O–H groups in total. The highest BCUT2D eigenvalue weighted by atomic mass is 15.0. The van der Waals surface area contributed by atoms with Crippen molar-refractivity contribution < 1.29 is 0 Å². The summed E-state index contributed by atoms with van der Waals surface area (Å²) >= 11 is 0. The van der Waals surface area contributed by atoms with Crippen LogP contribution in [0.4, 0.5) is 0 Å². The van der Waals surface area contributed by atoms with Gasteiger partial charge in [0.1, 0.15) is 0 Å². The van der Waals surface area contributed by atoms with Crippen molar-refractivity contribution in [3.8, 4) is 0 Å². The highest BCUT2D eigenvalue weighted by Gasteiger charge is 1.97. The van der Waals surface area contributed by atoms with E-state index in [9.17, 15) is 0 Å². The van der Waals surface area contributed by atoms with Crippen LogP contribution in [0.1, 0.15) is 11.1 Å². The number of hydrogen-bond donors (Lipinski definition) is 0. The number of rotatable bonds is 5. The molecule has 0 saturated heterocycles. The Kier molecular flexibility index (Phi) is 4.74. The first-order valence-electron chi connectivity index (χ1n) is 5.37. The molecule has 0 aliphatic carbocycles. The first-order chi connectivity index (χ1) is 7.67. The fourth-order valence-electron chi connectivity index (χ4n) is 1.41. The molecule has 0 aliphatic rings. The fraction of sp³-hybridized carbons (Fsp3) is 0.200. The zero-order chi connectivity index (χ0) is 12.0. The maximum atomic E-state index is 3.85. The van der Waals surface area contributed by atoms with Gasteiger partial charge in [0.15, 0.2) is 0 Å². The lowest BCUT2D eigenvalue weighted by atomic mass is 10.0. The Morgan fingerprint density at radius 3 is 2.25 bits per heavy atom. The second kappa shape index (κ2) is 6.09. The normalized spacial score (nSPS) is 11.6. The maximum absolute atomic E-state index is 3.85. The minimum absolute atomic E-state index is 0.921. The summed E-state index contributed by atoms with van der Waals surface area (Å²) in [7, 11) is 4.11. The Morgan fingerprint density at radius 2 is 1.81 bits per heavy atom. The van der Waals surface area contributed by atoms with Gasteiger partial charge in [-0.15, -0.1) is 0 Å². The first kappa shape index (κ1) is 12.5. The van der Waals surface area contributed by atoms with E-state index in [0.29, 0.717) is 0 Å². The van der Waals surface area contributed by atoms with Crippen molar-refractivity contribution in [2.75, 3.05) is 20.6 Å². The molecule has 84 valence electrons. The number of likely N-dealkylation sites (N-methyl/N-ethyl adjacent to an activating group) is 1. The zero-order valence-corrected chi connectivity index (χ0v) is 10.1. The SMILES string of the molecule is C=C/C(=C\CN(C)C)c1ccc(C=C)cc1. The van der Waals surface area contributed by atoms with Crippen molar-refractivity contribution in [3.63, 3.8) is 0 Å². The van der Waals surface area contributed by atoms with Gasteiger partial charge in [-0.1, -0.05) is 55.7 Å². The molecule has 1 aromatic carbocycles. The Balaban J connectivity index is 2.90. The van der Waals surface area contributed by atoms with E-state index in [1.807, 2.05) is 12.2 Å². The van der Waals surface area contributed by atoms with Gasteiger partial charge in [0.2, 0.25) is 0 Å². The van der Waals surface area contributed by atoms with E-state index in [4.69, 9.17) is 0 Å². The van der Waals surface area contributed by atoms with Gasteiger partial charge in [0.05, 0.1) is 0 Å². The Morgan fingerprint density at radius 1 is 1.19 bits per heavy atom. The average Bonchev–Trinajstić information content (AvgIpc) is 2.30. The number of benzene rings is 1. The summed E-state index contributed by atoms with van der Waals surface area (Å²) in [5.74, 6) is 0. The van der Waals surface area contributed by atoms with Crippen molar-refractivity contribution in [1.82, 2.24) is 4.90 Å². The fourth-order valence-corrected chi connectivity index (χ4v) is 1.41. The molecule has 16 heavy (non-hydrogen) atoms. The lowest BCUT2D eigenvalue weighted by Crippen LogP contribution is -2.10. The molecule has 1 nitrogen and oxygen atoms in total. The summed E-state index contributed by atoms with van der Waals surface area (Å²) in [5.41, 5.74) is 3.51. The molecule has 0 saturated carbocycles. The molecule has 0 aromatic heterocycles. The van der Waals surface area contributed by atoms with Crippen molar-refractivity contribution in [2.45, 2.75) is 0 Å². The van der Waals surface area contributed by atoms with E-state index < -0.39 is 0 Å². The van der Waals surface area contributed by atoms with Crippen LogP contribution in [-0.2, 0) is 0 Å². The van der Waals surface area contributed by atoms with E-state index in [-0.39, 0.29) is 0 Å². The molecule has 0 radical (unpaired) electrons. The molecule has 0 atom stereocenters. The summed E-state index contributed by atoms with van der Waals surface area (Å²) in [6.45, 7) is 8.52. The van der Waals surface area contributed by atoms with Crippen LogP contribution < -0.4 is 0 Å². The van der Waals surface area contributed by atoms with Gasteiger partial charge in [-0.05, 0) is 30.8 Å².